The number of morpholine rings is 1. The van der Waals surface area contributed by atoms with Crippen LogP contribution < -0.4 is 4.74 Å². The first-order chi connectivity index (χ1) is 15.1. The smallest absolute Gasteiger partial charge is 0.248 e. The van der Waals surface area contributed by atoms with E-state index in [1.165, 1.54) is 12.1 Å². The number of piperidine rings is 1. The van der Waals surface area contributed by atoms with E-state index >= 15 is 0 Å². The van der Waals surface area contributed by atoms with Gasteiger partial charge in [0.1, 0.15) is 30.9 Å². The lowest BCUT2D eigenvalue weighted by Crippen LogP contribution is -2.55. The van der Waals surface area contributed by atoms with Gasteiger partial charge in [-0.2, -0.15) is 5.26 Å². The summed E-state index contributed by atoms with van der Waals surface area (Å²) in [5.41, 5.74) is 1.76. The van der Waals surface area contributed by atoms with Crippen molar-refractivity contribution in [2.45, 2.75) is 31.5 Å². The largest absolute Gasteiger partial charge is 0.491 e. The first-order valence-corrected chi connectivity index (χ1v) is 10.6. The van der Waals surface area contributed by atoms with Crippen LogP contribution in [-0.4, -0.2) is 60.7 Å². The second-order valence-corrected chi connectivity index (χ2v) is 8.02. The lowest BCUT2D eigenvalue weighted by Gasteiger charge is -2.42. The number of halogens is 1. The first-order valence-electron chi connectivity index (χ1n) is 10.6. The highest BCUT2D eigenvalue weighted by Crippen LogP contribution is 2.22. The SMILES string of the molecule is N#Cc1ccccc1CN1CCC(N2CC(COc3ccc(F)cc3)OCC2=O)CC1. The maximum absolute atomic E-state index is 13.0. The molecule has 1 unspecified atom stereocenters. The Balaban J connectivity index is 1.28. The molecule has 0 aliphatic carbocycles. The average Bonchev–Trinajstić information content (AvgIpc) is 2.80. The molecule has 162 valence electrons. The topological polar surface area (TPSA) is 65.8 Å². The molecule has 4 rings (SSSR count). The zero-order valence-electron chi connectivity index (χ0n) is 17.4. The second kappa shape index (κ2) is 9.90. The van der Waals surface area contributed by atoms with Crippen molar-refractivity contribution in [2.75, 3.05) is 32.8 Å². The molecule has 2 aromatic carbocycles. The van der Waals surface area contributed by atoms with Gasteiger partial charge in [-0.3, -0.25) is 9.69 Å². The molecular formula is C24H26FN3O3. The number of amides is 1. The van der Waals surface area contributed by atoms with Gasteiger partial charge in [0.25, 0.3) is 0 Å². The number of nitriles is 1. The van der Waals surface area contributed by atoms with Gasteiger partial charge < -0.3 is 14.4 Å². The molecule has 31 heavy (non-hydrogen) atoms. The molecule has 0 bridgehead atoms. The van der Waals surface area contributed by atoms with E-state index < -0.39 is 0 Å². The Labute approximate surface area is 181 Å². The van der Waals surface area contributed by atoms with E-state index in [1.54, 1.807) is 12.1 Å². The Morgan fingerprint density at radius 3 is 2.61 bits per heavy atom. The van der Waals surface area contributed by atoms with Gasteiger partial charge in [0.2, 0.25) is 5.91 Å². The van der Waals surface area contributed by atoms with Crippen molar-refractivity contribution in [1.82, 2.24) is 9.80 Å². The number of carbonyl (C=O) groups is 1. The van der Waals surface area contributed by atoms with Crippen molar-refractivity contribution >= 4 is 5.91 Å². The van der Waals surface area contributed by atoms with Crippen LogP contribution in [0.2, 0.25) is 0 Å². The fourth-order valence-electron chi connectivity index (χ4n) is 4.22. The summed E-state index contributed by atoms with van der Waals surface area (Å²) in [6.07, 6.45) is 1.58. The van der Waals surface area contributed by atoms with E-state index in [0.717, 1.165) is 43.6 Å². The fraction of sp³-hybridized carbons (Fsp3) is 0.417. The summed E-state index contributed by atoms with van der Waals surface area (Å²) in [7, 11) is 0. The Hall–Kier alpha value is -2.95. The Morgan fingerprint density at radius 2 is 1.87 bits per heavy atom. The van der Waals surface area contributed by atoms with Gasteiger partial charge in [-0.05, 0) is 48.7 Å². The molecule has 2 fully saturated rings. The van der Waals surface area contributed by atoms with Crippen LogP contribution in [0.15, 0.2) is 48.5 Å². The van der Waals surface area contributed by atoms with E-state index in [2.05, 4.69) is 11.0 Å². The zero-order valence-corrected chi connectivity index (χ0v) is 17.4. The molecule has 2 saturated heterocycles. The minimum atomic E-state index is -0.305. The van der Waals surface area contributed by atoms with Crippen molar-refractivity contribution < 1.29 is 18.7 Å². The standard InChI is InChI=1S/C24H26FN3O3/c25-20-5-7-22(8-6-20)30-16-23-15-28(24(29)17-31-23)21-9-11-27(12-10-21)14-19-4-2-1-3-18(19)13-26/h1-8,21,23H,9-12,14-17H2. The number of likely N-dealkylation sites (tertiary alicyclic amines) is 1. The molecule has 7 heteroatoms. The number of nitrogens with zero attached hydrogens (tertiary/aromatic N) is 3. The molecule has 0 spiro atoms. The minimum absolute atomic E-state index is 0.0197. The number of rotatable bonds is 6. The van der Waals surface area contributed by atoms with E-state index in [9.17, 15) is 14.4 Å². The monoisotopic (exact) mass is 423 g/mol. The summed E-state index contributed by atoms with van der Waals surface area (Å²) in [5.74, 6) is 0.297. The van der Waals surface area contributed by atoms with Crippen molar-refractivity contribution in [3.8, 4) is 11.8 Å². The van der Waals surface area contributed by atoms with E-state index in [4.69, 9.17) is 9.47 Å². The van der Waals surface area contributed by atoms with Crippen LogP contribution in [0.1, 0.15) is 24.0 Å². The Bertz CT molecular complexity index is 936. The molecule has 2 aliphatic rings. The normalized spacial score (nSPS) is 20.5. The third kappa shape index (κ3) is 5.40. The number of ether oxygens (including phenoxy) is 2. The number of hydrogen-bond acceptors (Lipinski definition) is 5. The average molecular weight is 423 g/mol. The van der Waals surface area contributed by atoms with Crippen LogP contribution in [0, 0.1) is 17.1 Å². The molecule has 0 N–H and O–H groups in total. The van der Waals surface area contributed by atoms with Gasteiger partial charge in [-0.25, -0.2) is 4.39 Å². The van der Waals surface area contributed by atoms with Gasteiger partial charge >= 0.3 is 0 Å². The zero-order chi connectivity index (χ0) is 21.6. The summed E-state index contributed by atoms with van der Waals surface area (Å²) in [6, 6.07) is 16.0. The highest BCUT2D eigenvalue weighted by molar-refractivity contribution is 5.78. The Kier molecular flexibility index (Phi) is 6.80. The van der Waals surface area contributed by atoms with Crippen molar-refractivity contribution in [3.05, 3.63) is 65.5 Å². The summed E-state index contributed by atoms with van der Waals surface area (Å²) >= 11 is 0. The van der Waals surface area contributed by atoms with E-state index in [1.807, 2.05) is 29.2 Å². The van der Waals surface area contributed by atoms with Crippen LogP contribution in [0.5, 0.6) is 5.75 Å². The van der Waals surface area contributed by atoms with Crippen molar-refractivity contribution in [2.24, 2.45) is 0 Å². The van der Waals surface area contributed by atoms with Crippen molar-refractivity contribution in [1.29, 1.82) is 5.26 Å². The molecular weight excluding hydrogens is 397 g/mol. The molecule has 6 nitrogen and oxygen atoms in total. The molecule has 2 aliphatic heterocycles. The number of benzene rings is 2. The van der Waals surface area contributed by atoms with Crippen LogP contribution in [0.4, 0.5) is 4.39 Å². The molecule has 1 amide bonds. The highest BCUT2D eigenvalue weighted by Gasteiger charge is 2.33. The fourth-order valence-corrected chi connectivity index (χ4v) is 4.22. The van der Waals surface area contributed by atoms with Gasteiger partial charge in [0, 0.05) is 25.7 Å². The maximum atomic E-state index is 13.0. The number of carbonyl (C=O) groups excluding carboxylic acids is 1. The minimum Gasteiger partial charge on any atom is -0.491 e. The second-order valence-electron chi connectivity index (χ2n) is 8.02. The van der Waals surface area contributed by atoms with Gasteiger partial charge in [0.05, 0.1) is 18.2 Å². The van der Waals surface area contributed by atoms with Gasteiger partial charge in [0.15, 0.2) is 0 Å². The van der Waals surface area contributed by atoms with Gasteiger partial charge in [-0.1, -0.05) is 18.2 Å². The third-order valence-corrected chi connectivity index (χ3v) is 5.94. The lowest BCUT2D eigenvalue weighted by molar-refractivity contribution is -0.155. The van der Waals surface area contributed by atoms with Crippen LogP contribution in [0.3, 0.4) is 0 Å². The molecule has 2 aromatic rings. The summed E-state index contributed by atoms with van der Waals surface area (Å²) in [4.78, 5) is 16.7. The Morgan fingerprint density at radius 1 is 1.13 bits per heavy atom. The lowest BCUT2D eigenvalue weighted by atomic mass is 10.0. The predicted molar refractivity (Wildman–Crippen MR) is 113 cm³/mol. The van der Waals surface area contributed by atoms with Gasteiger partial charge in [-0.15, -0.1) is 0 Å². The highest BCUT2D eigenvalue weighted by atomic mass is 19.1. The summed E-state index contributed by atoms with van der Waals surface area (Å²) in [5, 5.41) is 9.29. The first kappa shape index (κ1) is 21.3. The number of hydrogen-bond donors (Lipinski definition) is 0. The van der Waals surface area contributed by atoms with Crippen LogP contribution in [0.25, 0.3) is 0 Å². The summed E-state index contributed by atoms with van der Waals surface area (Å²) in [6.45, 7) is 3.40. The van der Waals surface area contributed by atoms with E-state index in [-0.39, 0.29) is 30.5 Å². The molecule has 1 atom stereocenters. The van der Waals surface area contributed by atoms with Crippen LogP contribution >= 0.6 is 0 Å². The van der Waals surface area contributed by atoms with Crippen molar-refractivity contribution in [3.63, 3.8) is 0 Å². The predicted octanol–water partition coefficient (Wildman–Crippen LogP) is 2.97. The van der Waals surface area contributed by atoms with E-state index in [0.29, 0.717) is 18.9 Å². The third-order valence-electron chi connectivity index (χ3n) is 5.94. The quantitative estimate of drug-likeness (QED) is 0.715. The van der Waals surface area contributed by atoms with Crippen LogP contribution in [-0.2, 0) is 16.1 Å². The molecule has 0 saturated carbocycles. The molecule has 0 aromatic heterocycles. The maximum Gasteiger partial charge on any atom is 0.248 e. The molecule has 0 radical (unpaired) electrons. The summed E-state index contributed by atoms with van der Waals surface area (Å²) < 4.78 is 24.4. The molecule has 2 heterocycles.